The Morgan fingerprint density at radius 3 is 2.19 bits per heavy atom. The molecule has 1 heterocycles. The van der Waals surface area contributed by atoms with E-state index in [4.69, 9.17) is 14.2 Å². The van der Waals surface area contributed by atoms with Crippen LogP contribution in [0.4, 0.5) is 0 Å². The van der Waals surface area contributed by atoms with Crippen LogP contribution >= 0.6 is 0 Å². The Labute approximate surface area is 99.1 Å². The van der Waals surface area contributed by atoms with Crippen LogP contribution < -0.4 is 0 Å². The minimum Gasteiger partial charge on any atom is -0.375 e. The highest BCUT2D eigenvalue weighted by Gasteiger charge is 2.50. The van der Waals surface area contributed by atoms with Gasteiger partial charge in [-0.15, -0.1) is 0 Å². The molecule has 0 radical (unpaired) electrons. The van der Waals surface area contributed by atoms with Gasteiger partial charge in [0.2, 0.25) is 5.79 Å². The van der Waals surface area contributed by atoms with Gasteiger partial charge in [-0.05, 0) is 13.8 Å². The highest BCUT2D eigenvalue weighted by Crippen LogP contribution is 2.32. The first-order valence-corrected chi connectivity index (χ1v) is 6.13. The van der Waals surface area contributed by atoms with Gasteiger partial charge >= 0.3 is 0 Å². The Kier molecular flexibility index (Phi) is 4.73. The molecular formula is C12H26NO3+. The number of quaternary nitrogens is 1. The minimum absolute atomic E-state index is 0.223. The fraction of sp³-hybridized carbons (Fsp3) is 1.00. The first-order chi connectivity index (χ1) is 7.46. The van der Waals surface area contributed by atoms with E-state index in [0.717, 1.165) is 17.5 Å². The van der Waals surface area contributed by atoms with Crippen LogP contribution in [0, 0.1) is 0 Å². The Bertz CT molecular complexity index is 201. The van der Waals surface area contributed by atoms with Crippen molar-refractivity contribution in [1.82, 2.24) is 0 Å². The summed E-state index contributed by atoms with van der Waals surface area (Å²) in [5, 5.41) is 0. The molecule has 0 bridgehead atoms. The number of ether oxygens (including phenoxy) is 3. The van der Waals surface area contributed by atoms with Crippen LogP contribution in [0.3, 0.4) is 0 Å². The zero-order chi connectivity index (χ0) is 12.2. The van der Waals surface area contributed by atoms with E-state index in [-0.39, 0.29) is 6.04 Å². The van der Waals surface area contributed by atoms with Crippen molar-refractivity contribution < 1.29 is 18.7 Å². The van der Waals surface area contributed by atoms with Crippen molar-refractivity contribution in [2.45, 2.75) is 32.1 Å². The summed E-state index contributed by atoms with van der Waals surface area (Å²) < 4.78 is 18.2. The summed E-state index contributed by atoms with van der Waals surface area (Å²) in [4.78, 5) is 0. The Morgan fingerprint density at radius 2 is 1.75 bits per heavy atom. The van der Waals surface area contributed by atoms with Crippen molar-refractivity contribution in [3.8, 4) is 0 Å². The predicted octanol–water partition coefficient (Wildman–Crippen LogP) is 1.25. The van der Waals surface area contributed by atoms with Gasteiger partial charge in [0.05, 0.1) is 27.7 Å². The molecule has 0 spiro atoms. The largest absolute Gasteiger partial charge is 0.375 e. The molecule has 0 aromatic rings. The van der Waals surface area contributed by atoms with Gasteiger partial charge in [-0.25, -0.2) is 0 Å². The molecule has 4 heteroatoms. The lowest BCUT2D eigenvalue weighted by Crippen LogP contribution is -2.65. The Balaban J connectivity index is 2.90. The lowest BCUT2D eigenvalue weighted by molar-refractivity contribution is -0.910. The summed E-state index contributed by atoms with van der Waals surface area (Å²) in [6.45, 7) is 6.80. The van der Waals surface area contributed by atoms with E-state index in [1.165, 1.54) is 0 Å². The molecule has 1 fully saturated rings. The van der Waals surface area contributed by atoms with E-state index in [2.05, 4.69) is 21.1 Å². The van der Waals surface area contributed by atoms with Crippen molar-refractivity contribution in [1.29, 1.82) is 0 Å². The monoisotopic (exact) mass is 232 g/mol. The van der Waals surface area contributed by atoms with Gasteiger partial charge in [0.25, 0.3) is 0 Å². The molecule has 1 saturated heterocycles. The predicted molar refractivity (Wildman–Crippen MR) is 63.2 cm³/mol. The standard InChI is InChI=1S/C12H26NO3/c1-6-15-12(16-7-2)8-9-14-10-11(12)13(3,4)5/h11H,6-10H2,1-5H3/q+1. The van der Waals surface area contributed by atoms with Crippen LogP contribution in [0.15, 0.2) is 0 Å². The molecule has 0 aliphatic carbocycles. The molecule has 1 rings (SSSR count). The fourth-order valence-corrected chi connectivity index (χ4v) is 2.38. The Hall–Kier alpha value is -0.160. The molecule has 96 valence electrons. The molecule has 0 saturated carbocycles. The van der Waals surface area contributed by atoms with Crippen LogP contribution in [0.5, 0.6) is 0 Å². The zero-order valence-electron chi connectivity index (χ0n) is 11.3. The van der Waals surface area contributed by atoms with E-state index in [0.29, 0.717) is 19.8 Å². The van der Waals surface area contributed by atoms with Crippen molar-refractivity contribution in [2.75, 3.05) is 47.6 Å². The fourth-order valence-electron chi connectivity index (χ4n) is 2.38. The summed E-state index contributed by atoms with van der Waals surface area (Å²) >= 11 is 0. The molecule has 1 aliphatic heterocycles. The number of hydrogen-bond acceptors (Lipinski definition) is 3. The van der Waals surface area contributed by atoms with Gasteiger partial charge in [-0.1, -0.05) is 0 Å². The van der Waals surface area contributed by atoms with Crippen molar-refractivity contribution >= 4 is 0 Å². The average Bonchev–Trinajstić information content (AvgIpc) is 2.17. The van der Waals surface area contributed by atoms with E-state index in [1.807, 2.05) is 13.8 Å². The molecule has 1 unspecified atom stereocenters. The summed E-state index contributed by atoms with van der Waals surface area (Å²) in [6, 6.07) is 0.223. The minimum atomic E-state index is -0.472. The smallest absolute Gasteiger partial charge is 0.226 e. The summed E-state index contributed by atoms with van der Waals surface area (Å²) in [5.74, 6) is -0.472. The molecule has 1 atom stereocenters. The second-order valence-electron chi connectivity index (χ2n) is 5.13. The van der Waals surface area contributed by atoms with E-state index in [1.54, 1.807) is 0 Å². The summed E-state index contributed by atoms with van der Waals surface area (Å²) in [5.41, 5.74) is 0. The normalized spacial score (nSPS) is 25.7. The third-order valence-corrected chi connectivity index (χ3v) is 3.09. The lowest BCUT2D eigenvalue weighted by Gasteiger charge is -2.48. The summed E-state index contributed by atoms with van der Waals surface area (Å²) in [7, 11) is 6.48. The van der Waals surface area contributed by atoms with Crippen LogP contribution in [0.1, 0.15) is 20.3 Å². The van der Waals surface area contributed by atoms with Gasteiger partial charge in [0.15, 0.2) is 6.04 Å². The second-order valence-corrected chi connectivity index (χ2v) is 5.13. The highest BCUT2D eigenvalue weighted by molar-refractivity contribution is 4.84. The molecule has 0 aromatic carbocycles. The van der Waals surface area contributed by atoms with Gasteiger partial charge < -0.3 is 18.7 Å². The molecule has 4 nitrogen and oxygen atoms in total. The first kappa shape index (κ1) is 13.9. The van der Waals surface area contributed by atoms with Crippen molar-refractivity contribution in [3.63, 3.8) is 0 Å². The van der Waals surface area contributed by atoms with Gasteiger partial charge in [0.1, 0.15) is 6.61 Å². The molecule has 0 aromatic heterocycles. The number of likely N-dealkylation sites (N-methyl/N-ethyl adjacent to an activating group) is 1. The van der Waals surface area contributed by atoms with Crippen LogP contribution in [0.2, 0.25) is 0 Å². The average molecular weight is 232 g/mol. The van der Waals surface area contributed by atoms with Crippen LogP contribution in [-0.2, 0) is 14.2 Å². The quantitative estimate of drug-likeness (QED) is 0.527. The number of rotatable bonds is 5. The van der Waals surface area contributed by atoms with E-state index >= 15 is 0 Å². The first-order valence-electron chi connectivity index (χ1n) is 6.13. The number of hydrogen-bond donors (Lipinski definition) is 0. The molecular weight excluding hydrogens is 206 g/mol. The van der Waals surface area contributed by atoms with Crippen LogP contribution in [-0.4, -0.2) is 63.9 Å². The molecule has 0 amide bonds. The van der Waals surface area contributed by atoms with Gasteiger partial charge in [-0.3, -0.25) is 0 Å². The zero-order valence-corrected chi connectivity index (χ0v) is 11.3. The third-order valence-electron chi connectivity index (χ3n) is 3.09. The van der Waals surface area contributed by atoms with Crippen LogP contribution in [0.25, 0.3) is 0 Å². The van der Waals surface area contributed by atoms with Gasteiger partial charge in [0, 0.05) is 19.6 Å². The van der Waals surface area contributed by atoms with Gasteiger partial charge in [-0.2, -0.15) is 0 Å². The SMILES string of the molecule is CCOC1(OCC)CCOCC1[N+](C)(C)C. The molecule has 0 N–H and O–H groups in total. The highest BCUT2D eigenvalue weighted by atomic mass is 16.7. The molecule has 16 heavy (non-hydrogen) atoms. The lowest BCUT2D eigenvalue weighted by atomic mass is 9.99. The maximum absolute atomic E-state index is 5.93. The Morgan fingerprint density at radius 1 is 1.19 bits per heavy atom. The summed E-state index contributed by atoms with van der Waals surface area (Å²) in [6.07, 6.45) is 0.814. The second kappa shape index (κ2) is 5.45. The van der Waals surface area contributed by atoms with E-state index < -0.39 is 5.79 Å². The number of nitrogens with zero attached hydrogens (tertiary/aromatic N) is 1. The topological polar surface area (TPSA) is 27.7 Å². The maximum atomic E-state index is 5.93. The van der Waals surface area contributed by atoms with Crippen molar-refractivity contribution in [2.24, 2.45) is 0 Å². The maximum Gasteiger partial charge on any atom is 0.226 e. The van der Waals surface area contributed by atoms with Crippen molar-refractivity contribution in [3.05, 3.63) is 0 Å². The van der Waals surface area contributed by atoms with E-state index in [9.17, 15) is 0 Å². The third kappa shape index (κ3) is 2.94. The molecule has 1 aliphatic rings.